The van der Waals surface area contributed by atoms with Gasteiger partial charge in [-0.1, -0.05) is 49.6 Å². The van der Waals surface area contributed by atoms with E-state index in [0.717, 1.165) is 13.0 Å². The third-order valence-electron chi connectivity index (χ3n) is 4.89. The van der Waals surface area contributed by atoms with Crippen LogP contribution in [0.5, 0.6) is 0 Å². The van der Waals surface area contributed by atoms with E-state index in [9.17, 15) is 4.79 Å². The number of carbonyl (C=O) groups excluding carboxylic acids is 1. The normalized spacial score (nSPS) is 17.0. The van der Waals surface area contributed by atoms with Crippen molar-refractivity contribution in [2.45, 2.75) is 57.6 Å². The summed E-state index contributed by atoms with van der Waals surface area (Å²) in [6, 6.07) is 10.5. The zero-order valence-electron chi connectivity index (χ0n) is 15.2. The van der Waals surface area contributed by atoms with Crippen molar-refractivity contribution >= 4 is 5.91 Å². The van der Waals surface area contributed by atoms with E-state index < -0.39 is 0 Å². The zero-order chi connectivity index (χ0) is 17.2. The Hall–Kier alpha value is -1.39. The maximum atomic E-state index is 12.1. The molecule has 0 aliphatic heterocycles. The second kappa shape index (κ2) is 10.5. The van der Waals surface area contributed by atoms with Gasteiger partial charge >= 0.3 is 0 Å². The van der Waals surface area contributed by atoms with Gasteiger partial charge in [-0.25, -0.2) is 0 Å². The molecule has 1 amide bonds. The smallest absolute Gasteiger partial charge is 0.234 e. The van der Waals surface area contributed by atoms with Crippen LogP contribution < -0.4 is 5.32 Å². The number of carbonyl (C=O) groups is 1. The summed E-state index contributed by atoms with van der Waals surface area (Å²) in [6.07, 6.45) is 7.70. The molecule has 24 heavy (non-hydrogen) atoms. The predicted octanol–water partition coefficient (Wildman–Crippen LogP) is 3.54. The van der Waals surface area contributed by atoms with E-state index in [1.807, 2.05) is 25.2 Å². The number of likely N-dealkylation sites (N-methyl/N-ethyl adjacent to an activating group) is 1. The largest absolute Gasteiger partial charge is 0.378 e. The molecule has 0 aromatic heterocycles. The minimum atomic E-state index is 0.0814. The predicted molar refractivity (Wildman–Crippen MR) is 97.9 cm³/mol. The van der Waals surface area contributed by atoms with Gasteiger partial charge in [0.15, 0.2) is 0 Å². The molecule has 4 heteroatoms. The average molecular weight is 332 g/mol. The van der Waals surface area contributed by atoms with Crippen molar-refractivity contribution in [3.63, 3.8) is 0 Å². The average Bonchev–Trinajstić information content (AvgIpc) is 2.62. The van der Waals surface area contributed by atoms with Crippen molar-refractivity contribution in [3.8, 4) is 0 Å². The van der Waals surface area contributed by atoms with Gasteiger partial charge in [0.1, 0.15) is 0 Å². The van der Waals surface area contributed by atoms with Gasteiger partial charge in [0.05, 0.1) is 12.6 Å². The van der Waals surface area contributed by atoms with E-state index >= 15 is 0 Å². The van der Waals surface area contributed by atoms with Gasteiger partial charge in [-0.3, -0.25) is 9.69 Å². The molecule has 1 fully saturated rings. The van der Waals surface area contributed by atoms with Gasteiger partial charge in [-0.15, -0.1) is 0 Å². The third kappa shape index (κ3) is 6.62. The van der Waals surface area contributed by atoms with E-state index in [0.29, 0.717) is 19.2 Å². The number of rotatable bonds is 9. The summed E-state index contributed by atoms with van der Waals surface area (Å²) in [5.41, 5.74) is 1.23. The van der Waals surface area contributed by atoms with Crippen LogP contribution in [-0.4, -0.2) is 43.7 Å². The molecule has 2 rings (SSSR count). The monoisotopic (exact) mass is 332 g/mol. The van der Waals surface area contributed by atoms with Crippen molar-refractivity contribution in [1.29, 1.82) is 0 Å². The number of nitrogens with one attached hydrogen (secondary N) is 1. The van der Waals surface area contributed by atoms with Crippen LogP contribution in [0.15, 0.2) is 30.3 Å². The minimum absolute atomic E-state index is 0.0814. The molecule has 1 aliphatic carbocycles. The lowest BCUT2D eigenvalue weighted by molar-refractivity contribution is -0.122. The highest BCUT2D eigenvalue weighted by atomic mass is 16.5. The first kappa shape index (κ1) is 18.9. The fourth-order valence-electron chi connectivity index (χ4n) is 3.19. The molecule has 4 nitrogen and oxygen atoms in total. The Morgan fingerprint density at radius 1 is 1.25 bits per heavy atom. The molecule has 1 aromatic carbocycles. The second-order valence-corrected chi connectivity index (χ2v) is 6.84. The number of amides is 1. The molecule has 134 valence electrons. The van der Waals surface area contributed by atoms with E-state index in [1.165, 1.54) is 37.7 Å². The van der Waals surface area contributed by atoms with Gasteiger partial charge in [0.25, 0.3) is 0 Å². The lowest BCUT2D eigenvalue weighted by Crippen LogP contribution is -2.37. The quantitative estimate of drug-likeness (QED) is 0.703. The van der Waals surface area contributed by atoms with Gasteiger partial charge in [0.2, 0.25) is 5.91 Å². The van der Waals surface area contributed by atoms with Gasteiger partial charge < -0.3 is 10.1 Å². The van der Waals surface area contributed by atoms with Gasteiger partial charge in [0, 0.05) is 19.2 Å². The van der Waals surface area contributed by atoms with Crippen LogP contribution >= 0.6 is 0 Å². The van der Waals surface area contributed by atoms with E-state index in [-0.39, 0.29) is 11.9 Å². The Bertz CT molecular complexity index is 472. The first-order valence-corrected chi connectivity index (χ1v) is 9.30. The first-order chi connectivity index (χ1) is 11.7. The van der Waals surface area contributed by atoms with Crippen molar-refractivity contribution in [2.75, 3.05) is 26.7 Å². The second-order valence-electron chi connectivity index (χ2n) is 6.84. The molecule has 1 unspecified atom stereocenters. The highest BCUT2D eigenvalue weighted by molar-refractivity contribution is 5.78. The summed E-state index contributed by atoms with van der Waals surface area (Å²) in [6.45, 7) is 3.99. The Labute approximate surface area is 146 Å². The topological polar surface area (TPSA) is 41.6 Å². The van der Waals surface area contributed by atoms with Crippen molar-refractivity contribution in [2.24, 2.45) is 0 Å². The molecule has 1 atom stereocenters. The Morgan fingerprint density at radius 2 is 1.96 bits per heavy atom. The first-order valence-electron chi connectivity index (χ1n) is 9.30. The fourth-order valence-corrected chi connectivity index (χ4v) is 3.19. The van der Waals surface area contributed by atoms with Crippen LogP contribution in [0.2, 0.25) is 0 Å². The summed E-state index contributed by atoms with van der Waals surface area (Å²) < 4.78 is 5.88. The molecule has 0 radical (unpaired) electrons. The Kier molecular flexibility index (Phi) is 8.26. The number of benzene rings is 1. The fraction of sp³-hybridized carbons (Fsp3) is 0.650. The van der Waals surface area contributed by atoms with Crippen molar-refractivity contribution < 1.29 is 9.53 Å². The van der Waals surface area contributed by atoms with Gasteiger partial charge in [-0.05, 0) is 38.8 Å². The lowest BCUT2D eigenvalue weighted by atomic mass is 9.98. The number of ether oxygens (including phenoxy) is 1. The summed E-state index contributed by atoms with van der Waals surface area (Å²) in [5.74, 6) is 0.0814. The molecule has 0 bridgehead atoms. The molecule has 1 aliphatic rings. The third-order valence-corrected chi connectivity index (χ3v) is 4.89. The Morgan fingerprint density at radius 3 is 2.67 bits per heavy atom. The molecular weight excluding hydrogens is 300 g/mol. The highest BCUT2D eigenvalue weighted by Crippen LogP contribution is 2.20. The summed E-state index contributed by atoms with van der Waals surface area (Å²) >= 11 is 0. The highest BCUT2D eigenvalue weighted by Gasteiger charge is 2.15. The standard InChI is InChI=1S/C20H32N2O2/c1-17(18-10-5-3-6-11-18)22(2)16-20(23)21-14-9-15-24-19-12-7-4-8-13-19/h3,5-6,10-11,17,19H,4,7-9,12-16H2,1-2H3,(H,21,23). The van der Waals surface area contributed by atoms with Crippen LogP contribution in [-0.2, 0) is 9.53 Å². The molecule has 0 heterocycles. The number of hydrogen-bond acceptors (Lipinski definition) is 3. The maximum Gasteiger partial charge on any atom is 0.234 e. The Balaban J connectivity index is 1.57. The number of hydrogen-bond donors (Lipinski definition) is 1. The van der Waals surface area contributed by atoms with Crippen LogP contribution in [0.1, 0.15) is 57.1 Å². The summed E-state index contributed by atoms with van der Waals surface area (Å²) in [5, 5.41) is 3.00. The van der Waals surface area contributed by atoms with Gasteiger partial charge in [-0.2, -0.15) is 0 Å². The van der Waals surface area contributed by atoms with E-state index in [2.05, 4.69) is 29.3 Å². The van der Waals surface area contributed by atoms with Crippen LogP contribution in [0.25, 0.3) is 0 Å². The van der Waals surface area contributed by atoms with Crippen LogP contribution in [0, 0.1) is 0 Å². The summed E-state index contributed by atoms with van der Waals surface area (Å²) in [7, 11) is 1.99. The van der Waals surface area contributed by atoms with Crippen molar-refractivity contribution in [1.82, 2.24) is 10.2 Å². The molecular formula is C20H32N2O2. The van der Waals surface area contributed by atoms with Crippen molar-refractivity contribution in [3.05, 3.63) is 35.9 Å². The SMILES string of the molecule is CC(c1ccccc1)N(C)CC(=O)NCCCOC1CCCCC1. The van der Waals surface area contributed by atoms with E-state index in [1.54, 1.807) is 0 Å². The summed E-state index contributed by atoms with van der Waals surface area (Å²) in [4.78, 5) is 14.1. The van der Waals surface area contributed by atoms with Crippen LogP contribution in [0.3, 0.4) is 0 Å². The van der Waals surface area contributed by atoms with Crippen LogP contribution in [0.4, 0.5) is 0 Å². The minimum Gasteiger partial charge on any atom is -0.378 e. The molecule has 1 N–H and O–H groups in total. The molecule has 1 aromatic rings. The molecule has 0 saturated heterocycles. The zero-order valence-corrected chi connectivity index (χ0v) is 15.2. The van der Waals surface area contributed by atoms with E-state index in [4.69, 9.17) is 4.74 Å². The maximum absolute atomic E-state index is 12.1. The molecule has 1 saturated carbocycles. The lowest BCUT2D eigenvalue weighted by Gasteiger charge is -2.24. The molecule has 0 spiro atoms. The number of nitrogens with zero attached hydrogens (tertiary/aromatic N) is 1.